The number of hydrogen-bond donors (Lipinski definition) is 2. The van der Waals surface area contributed by atoms with Gasteiger partial charge in [0.2, 0.25) is 5.91 Å². The first-order valence-electron chi connectivity index (χ1n) is 6.35. The molecule has 5 heteroatoms. The van der Waals surface area contributed by atoms with Crippen molar-refractivity contribution < 1.29 is 4.79 Å². The topological polar surface area (TPSA) is 58.4 Å². The SMILES string of the molecule is CC(N)CC(=O)NCC(c1ccccc1Cl)N(C)C. The van der Waals surface area contributed by atoms with Crippen LogP contribution < -0.4 is 11.1 Å². The van der Waals surface area contributed by atoms with Crippen LogP contribution in [0.5, 0.6) is 0 Å². The molecule has 0 aliphatic carbocycles. The number of halogens is 1. The highest BCUT2D eigenvalue weighted by atomic mass is 35.5. The molecule has 1 rings (SSSR count). The zero-order valence-corrected chi connectivity index (χ0v) is 12.4. The summed E-state index contributed by atoms with van der Waals surface area (Å²) in [5.41, 5.74) is 6.61. The molecule has 2 unspecified atom stereocenters. The van der Waals surface area contributed by atoms with Gasteiger partial charge < -0.3 is 16.0 Å². The number of nitrogens with one attached hydrogen (secondary N) is 1. The third kappa shape index (κ3) is 5.19. The lowest BCUT2D eigenvalue weighted by Gasteiger charge is -2.26. The average Bonchev–Trinajstić information content (AvgIpc) is 2.30. The summed E-state index contributed by atoms with van der Waals surface area (Å²) in [4.78, 5) is 13.7. The first-order valence-corrected chi connectivity index (χ1v) is 6.72. The maximum atomic E-state index is 11.7. The summed E-state index contributed by atoms with van der Waals surface area (Å²) in [5, 5.41) is 3.61. The Balaban J connectivity index is 2.70. The van der Waals surface area contributed by atoms with E-state index in [1.165, 1.54) is 0 Å². The maximum absolute atomic E-state index is 11.7. The molecule has 0 saturated carbocycles. The first kappa shape index (κ1) is 16.0. The molecule has 0 aromatic heterocycles. The van der Waals surface area contributed by atoms with Crippen LogP contribution in [0.25, 0.3) is 0 Å². The largest absolute Gasteiger partial charge is 0.354 e. The molecule has 1 aromatic carbocycles. The summed E-state index contributed by atoms with van der Waals surface area (Å²) in [6.07, 6.45) is 0.336. The van der Waals surface area contributed by atoms with Crippen LogP contribution in [0.15, 0.2) is 24.3 Å². The van der Waals surface area contributed by atoms with E-state index in [9.17, 15) is 4.79 Å². The van der Waals surface area contributed by atoms with E-state index < -0.39 is 0 Å². The van der Waals surface area contributed by atoms with Crippen LogP contribution >= 0.6 is 11.6 Å². The van der Waals surface area contributed by atoms with E-state index in [0.717, 1.165) is 5.56 Å². The molecule has 0 bridgehead atoms. The molecule has 0 spiro atoms. The summed E-state index contributed by atoms with van der Waals surface area (Å²) < 4.78 is 0. The van der Waals surface area contributed by atoms with Gasteiger partial charge in [0.1, 0.15) is 0 Å². The number of carbonyl (C=O) groups is 1. The van der Waals surface area contributed by atoms with Crippen LogP contribution in [0.1, 0.15) is 24.9 Å². The summed E-state index contributed by atoms with van der Waals surface area (Å²) in [5.74, 6) is -0.0334. The maximum Gasteiger partial charge on any atom is 0.221 e. The van der Waals surface area contributed by atoms with Gasteiger partial charge in [-0.15, -0.1) is 0 Å². The van der Waals surface area contributed by atoms with Crippen LogP contribution in [0.2, 0.25) is 5.02 Å². The molecule has 1 amide bonds. The minimum Gasteiger partial charge on any atom is -0.354 e. The third-order valence-corrected chi connectivity index (χ3v) is 3.23. The van der Waals surface area contributed by atoms with Crippen LogP contribution in [0.3, 0.4) is 0 Å². The summed E-state index contributed by atoms with van der Waals surface area (Å²) >= 11 is 6.20. The Morgan fingerprint density at radius 1 is 1.42 bits per heavy atom. The molecule has 0 saturated heterocycles. The first-order chi connectivity index (χ1) is 8.91. The summed E-state index contributed by atoms with van der Waals surface area (Å²) in [6.45, 7) is 2.33. The number of amides is 1. The van der Waals surface area contributed by atoms with Crippen LogP contribution in [0.4, 0.5) is 0 Å². The Bertz CT molecular complexity index is 421. The monoisotopic (exact) mass is 283 g/mol. The van der Waals surface area contributed by atoms with E-state index in [4.69, 9.17) is 17.3 Å². The lowest BCUT2D eigenvalue weighted by atomic mass is 10.1. The van der Waals surface area contributed by atoms with Gasteiger partial charge in [-0.25, -0.2) is 0 Å². The van der Waals surface area contributed by atoms with E-state index in [0.29, 0.717) is 18.0 Å². The van der Waals surface area contributed by atoms with Gasteiger partial charge >= 0.3 is 0 Å². The van der Waals surface area contributed by atoms with Crippen molar-refractivity contribution in [1.82, 2.24) is 10.2 Å². The fourth-order valence-electron chi connectivity index (χ4n) is 1.89. The van der Waals surface area contributed by atoms with E-state index in [2.05, 4.69) is 5.32 Å². The van der Waals surface area contributed by atoms with Gasteiger partial charge in [0, 0.05) is 24.0 Å². The third-order valence-electron chi connectivity index (χ3n) is 2.89. The van der Waals surface area contributed by atoms with E-state index in [-0.39, 0.29) is 18.0 Å². The second-order valence-electron chi connectivity index (χ2n) is 4.99. The minimum atomic E-state index is -0.127. The summed E-state index contributed by atoms with van der Waals surface area (Å²) in [7, 11) is 3.93. The number of nitrogens with two attached hydrogens (primary N) is 1. The van der Waals surface area contributed by atoms with Crippen LogP contribution in [-0.2, 0) is 4.79 Å². The van der Waals surface area contributed by atoms with Crippen molar-refractivity contribution in [2.75, 3.05) is 20.6 Å². The fraction of sp³-hybridized carbons (Fsp3) is 0.500. The molecule has 3 N–H and O–H groups in total. The van der Waals surface area contributed by atoms with Gasteiger partial charge in [0.15, 0.2) is 0 Å². The average molecular weight is 284 g/mol. The van der Waals surface area contributed by atoms with Gasteiger partial charge in [0.05, 0.1) is 6.04 Å². The van der Waals surface area contributed by atoms with Crippen molar-refractivity contribution >= 4 is 17.5 Å². The quantitative estimate of drug-likeness (QED) is 0.837. The molecular weight excluding hydrogens is 262 g/mol. The van der Waals surface area contributed by atoms with Gasteiger partial charge in [-0.1, -0.05) is 29.8 Å². The van der Waals surface area contributed by atoms with Crippen molar-refractivity contribution in [3.8, 4) is 0 Å². The molecule has 2 atom stereocenters. The molecule has 4 nitrogen and oxygen atoms in total. The Morgan fingerprint density at radius 2 is 2.05 bits per heavy atom. The Kier molecular flexibility index (Phi) is 6.28. The Morgan fingerprint density at radius 3 is 2.58 bits per heavy atom. The van der Waals surface area contributed by atoms with Crippen molar-refractivity contribution in [2.45, 2.75) is 25.4 Å². The number of rotatable bonds is 6. The second kappa shape index (κ2) is 7.48. The normalized spacial score (nSPS) is 14.2. The highest BCUT2D eigenvalue weighted by Gasteiger charge is 2.17. The highest BCUT2D eigenvalue weighted by Crippen LogP contribution is 2.25. The Labute approximate surface area is 119 Å². The number of carbonyl (C=O) groups excluding carboxylic acids is 1. The zero-order valence-electron chi connectivity index (χ0n) is 11.7. The molecule has 1 aromatic rings. The molecule has 0 radical (unpaired) electrons. The van der Waals surface area contributed by atoms with Gasteiger partial charge in [-0.05, 0) is 32.6 Å². The second-order valence-corrected chi connectivity index (χ2v) is 5.39. The standard InChI is InChI=1S/C14H22ClN3O/c1-10(16)8-14(19)17-9-13(18(2)3)11-6-4-5-7-12(11)15/h4-7,10,13H,8-9,16H2,1-3H3,(H,17,19). The predicted molar refractivity (Wildman–Crippen MR) is 79.2 cm³/mol. The van der Waals surface area contributed by atoms with Gasteiger partial charge in [-0.2, -0.15) is 0 Å². The van der Waals surface area contributed by atoms with Crippen molar-refractivity contribution in [2.24, 2.45) is 5.73 Å². The van der Waals surface area contributed by atoms with Gasteiger partial charge in [0.25, 0.3) is 0 Å². The molecule has 106 valence electrons. The lowest BCUT2D eigenvalue weighted by Crippen LogP contribution is -2.36. The zero-order chi connectivity index (χ0) is 14.4. The fourth-order valence-corrected chi connectivity index (χ4v) is 2.15. The van der Waals surface area contributed by atoms with E-state index in [1.54, 1.807) is 0 Å². The molecule has 0 aliphatic heterocycles. The minimum absolute atomic E-state index is 0.0334. The molecular formula is C14H22ClN3O. The van der Waals surface area contributed by atoms with Crippen LogP contribution in [0, 0.1) is 0 Å². The highest BCUT2D eigenvalue weighted by molar-refractivity contribution is 6.31. The number of nitrogens with zero attached hydrogens (tertiary/aromatic N) is 1. The summed E-state index contributed by atoms with van der Waals surface area (Å²) in [6, 6.07) is 7.60. The number of likely N-dealkylation sites (N-methyl/N-ethyl adjacent to an activating group) is 1. The lowest BCUT2D eigenvalue weighted by molar-refractivity contribution is -0.121. The predicted octanol–water partition coefficient (Wildman–Crippen LogP) is 1.80. The van der Waals surface area contributed by atoms with Crippen molar-refractivity contribution in [1.29, 1.82) is 0 Å². The molecule has 19 heavy (non-hydrogen) atoms. The number of benzene rings is 1. The van der Waals surface area contributed by atoms with E-state index in [1.807, 2.05) is 50.2 Å². The molecule has 0 fully saturated rings. The van der Waals surface area contributed by atoms with Crippen molar-refractivity contribution in [3.63, 3.8) is 0 Å². The van der Waals surface area contributed by atoms with Crippen LogP contribution in [-0.4, -0.2) is 37.5 Å². The van der Waals surface area contributed by atoms with Crippen molar-refractivity contribution in [3.05, 3.63) is 34.9 Å². The molecule has 0 aliphatic rings. The van der Waals surface area contributed by atoms with Gasteiger partial charge in [-0.3, -0.25) is 4.79 Å². The smallest absolute Gasteiger partial charge is 0.221 e. The Hall–Kier alpha value is -1.10. The van der Waals surface area contributed by atoms with E-state index >= 15 is 0 Å². The number of hydrogen-bond acceptors (Lipinski definition) is 3. The molecule has 0 heterocycles.